The molecule has 18 heavy (non-hydrogen) atoms. The van der Waals surface area contributed by atoms with Gasteiger partial charge in [0.05, 0.1) is 17.3 Å². The maximum absolute atomic E-state index is 9.89. The fraction of sp³-hybridized carbons (Fsp3) is 0.800. The van der Waals surface area contributed by atoms with E-state index in [1.807, 2.05) is 6.26 Å². The number of nitrogens with one attached hydrogen (secondary N) is 1. The molecule has 104 valence electrons. The molecule has 1 aromatic heterocycles. The molecule has 2 atom stereocenters. The molecule has 0 bridgehead atoms. The molecule has 1 rings (SSSR count). The SMILES string of the molecule is CSCC(C)(O)CNCC(O)COc1cnsn1. The first kappa shape index (κ1) is 15.6. The third kappa shape index (κ3) is 6.50. The summed E-state index contributed by atoms with van der Waals surface area (Å²) in [6.07, 6.45) is 2.81. The second-order valence-electron chi connectivity index (χ2n) is 4.27. The van der Waals surface area contributed by atoms with E-state index in [4.69, 9.17) is 4.74 Å². The molecule has 0 saturated heterocycles. The van der Waals surface area contributed by atoms with Crippen molar-refractivity contribution in [3.63, 3.8) is 0 Å². The van der Waals surface area contributed by atoms with E-state index in [1.54, 1.807) is 18.7 Å². The molecule has 0 saturated carbocycles. The number of hydrogen-bond donors (Lipinski definition) is 3. The van der Waals surface area contributed by atoms with Gasteiger partial charge in [0, 0.05) is 18.8 Å². The van der Waals surface area contributed by atoms with Crippen LogP contribution in [0.15, 0.2) is 6.20 Å². The average Bonchev–Trinajstić information content (AvgIpc) is 2.78. The lowest BCUT2D eigenvalue weighted by Crippen LogP contribution is -2.43. The Labute approximate surface area is 115 Å². The van der Waals surface area contributed by atoms with Gasteiger partial charge in [-0.15, -0.1) is 4.37 Å². The normalized spacial score (nSPS) is 16.2. The molecular formula is C10H19N3O3S2. The van der Waals surface area contributed by atoms with Crippen LogP contribution in [0.4, 0.5) is 0 Å². The first-order valence-electron chi connectivity index (χ1n) is 5.54. The first-order valence-corrected chi connectivity index (χ1v) is 7.66. The van der Waals surface area contributed by atoms with Crippen LogP contribution in [-0.2, 0) is 0 Å². The summed E-state index contributed by atoms with van der Waals surface area (Å²) in [6, 6.07) is 0. The maximum Gasteiger partial charge on any atom is 0.245 e. The number of aliphatic hydroxyl groups is 2. The summed E-state index contributed by atoms with van der Waals surface area (Å²) in [5.41, 5.74) is -0.765. The molecule has 0 spiro atoms. The number of nitrogens with zero attached hydrogens (tertiary/aromatic N) is 2. The van der Waals surface area contributed by atoms with E-state index in [-0.39, 0.29) is 6.61 Å². The van der Waals surface area contributed by atoms with Crippen molar-refractivity contribution in [2.75, 3.05) is 31.7 Å². The number of rotatable bonds is 9. The number of thioether (sulfide) groups is 1. The molecule has 0 amide bonds. The Bertz CT molecular complexity index is 322. The number of aromatic nitrogens is 2. The van der Waals surface area contributed by atoms with Crippen LogP contribution in [0.1, 0.15) is 6.92 Å². The molecule has 0 aliphatic carbocycles. The van der Waals surface area contributed by atoms with E-state index in [0.717, 1.165) is 11.7 Å². The Hall–Kier alpha value is -0.410. The van der Waals surface area contributed by atoms with Crippen molar-refractivity contribution in [2.24, 2.45) is 0 Å². The zero-order chi connectivity index (χ0) is 13.4. The topological polar surface area (TPSA) is 87.5 Å². The van der Waals surface area contributed by atoms with Crippen LogP contribution in [0.25, 0.3) is 0 Å². The molecule has 0 radical (unpaired) electrons. The number of ether oxygens (including phenoxy) is 1. The van der Waals surface area contributed by atoms with Crippen molar-refractivity contribution in [2.45, 2.75) is 18.6 Å². The summed E-state index contributed by atoms with van der Waals surface area (Å²) in [5, 5.41) is 22.6. The minimum atomic E-state index is -0.765. The largest absolute Gasteiger partial charge is 0.473 e. The van der Waals surface area contributed by atoms with Gasteiger partial charge in [-0.05, 0) is 13.2 Å². The van der Waals surface area contributed by atoms with Crippen molar-refractivity contribution in [1.82, 2.24) is 14.1 Å². The quantitative estimate of drug-likeness (QED) is 0.590. The average molecular weight is 293 g/mol. The molecule has 1 aromatic rings. The van der Waals surface area contributed by atoms with Gasteiger partial charge in [0.2, 0.25) is 5.88 Å². The lowest BCUT2D eigenvalue weighted by Gasteiger charge is -2.23. The van der Waals surface area contributed by atoms with E-state index in [1.165, 1.54) is 6.20 Å². The van der Waals surface area contributed by atoms with E-state index in [2.05, 4.69) is 14.1 Å². The van der Waals surface area contributed by atoms with E-state index >= 15 is 0 Å². The van der Waals surface area contributed by atoms with Crippen LogP contribution in [0.5, 0.6) is 5.88 Å². The lowest BCUT2D eigenvalue weighted by atomic mass is 10.1. The van der Waals surface area contributed by atoms with Crippen LogP contribution < -0.4 is 10.1 Å². The molecular weight excluding hydrogens is 274 g/mol. The van der Waals surface area contributed by atoms with E-state index in [0.29, 0.717) is 24.7 Å². The van der Waals surface area contributed by atoms with Crippen molar-refractivity contribution >= 4 is 23.5 Å². The van der Waals surface area contributed by atoms with Crippen molar-refractivity contribution in [1.29, 1.82) is 0 Å². The molecule has 3 N–H and O–H groups in total. The van der Waals surface area contributed by atoms with Crippen LogP contribution in [0, 0.1) is 0 Å². The predicted octanol–water partition coefficient (Wildman–Crippen LogP) is -0.0186. The summed E-state index contributed by atoms with van der Waals surface area (Å²) >= 11 is 2.64. The van der Waals surface area contributed by atoms with Gasteiger partial charge in [0.1, 0.15) is 18.9 Å². The summed E-state index contributed by atoms with van der Waals surface area (Å²) < 4.78 is 12.9. The lowest BCUT2D eigenvalue weighted by molar-refractivity contribution is 0.0696. The number of hydrogen-bond acceptors (Lipinski definition) is 8. The predicted molar refractivity (Wildman–Crippen MR) is 73.3 cm³/mol. The molecule has 0 fully saturated rings. The van der Waals surface area contributed by atoms with Crippen LogP contribution in [0.3, 0.4) is 0 Å². The monoisotopic (exact) mass is 293 g/mol. The second-order valence-corrected chi connectivity index (χ2v) is 5.69. The Morgan fingerprint density at radius 1 is 1.67 bits per heavy atom. The smallest absolute Gasteiger partial charge is 0.245 e. The fourth-order valence-corrected chi connectivity index (χ4v) is 2.42. The summed E-state index contributed by atoms with van der Waals surface area (Å²) in [7, 11) is 0. The second kappa shape index (κ2) is 7.90. The highest BCUT2D eigenvalue weighted by molar-refractivity contribution is 7.98. The third-order valence-corrected chi connectivity index (χ3v) is 3.48. The molecule has 2 unspecified atom stereocenters. The Morgan fingerprint density at radius 2 is 2.44 bits per heavy atom. The van der Waals surface area contributed by atoms with Gasteiger partial charge in [-0.1, -0.05) is 0 Å². The third-order valence-electron chi connectivity index (χ3n) is 2.11. The summed E-state index contributed by atoms with van der Waals surface area (Å²) in [6.45, 7) is 2.72. The van der Waals surface area contributed by atoms with Crippen LogP contribution in [-0.4, -0.2) is 62.4 Å². The van der Waals surface area contributed by atoms with Gasteiger partial charge < -0.3 is 20.3 Å². The van der Waals surface area contributed by atoms with Crippen molar-refractivity contribution < 1.29 is 14.9 Å². The molecule has 0 aromatic carbocycles. The summed E-state index contributed by atoms with van der Waals surface area (Å²) in [5.74, 6) is 1.07. The van der Waals surface area contributed by atoms with Crippen molar-refractivity contribution in [3.8, 4) is 5.88 Å². The Morgan fingerprint density at radius 3 is 3.06 bits per heavy atom. The van der Waals surface area contributed by atoms with E-state index in [9.17, 15) is 10.2 Å². The zero-order valence-electron chi connectivity index (χ0n) is 10.5. The highest BCUT2D eigenvalue weighted by Gasteiger charge is 2.19. The van der Waals surface area contributed by atoms with E-state index < -0.39 is 11.7 Å². The summed E-state index contributed by atoms with van der Waals surface area (Å²) in [4.78, 5) is 0. The number of aliphatic hydroxyl groups excluding tert-OH is 1. The standard InChI is InChI=1S/C10H19N3O3S2/c1-10(15,7-17-2)6-11-3-8(14)5-16-9-4-12-18-13-9/h4,8,11,14-15H,3,5-7H2,1-2H3. The van der Waals surface area contributed by atoms with Gasteiger partial charge >= 0.3 is 0 Å². The molecule has 1 heterocycles. The first-order chi connectivity index (χ1) is 8.53. The van der Waals surface area contributed by atoms with Gasteiger partial charge in [-0.2, -0.15) is 16.1 Å². The highest BCUT2D eigenvalue weighted by Crippen LogP contribution is 2.09. The van der Waals surface area contributed by atoms with Gasteiger partial charge in [-0.3, -0.25) is 0 Å². The molecule has 0 aliphatic rings. The van der Waals surface area contributed by atoms with Gasteiger partial charge in [0.25, 0.3) is 0 Å². The zero-order valence-corrected chi connectivity index (χ0v) is 12.1. The highest BCUT2D eigenvalue weighted by atomic mass is 32.2. The Kier molecular flexibility index (Phi) is 6.87. The minimum Gasteiger partial charge on any atom is -0.473 e. The Balaban J connectivity index is 2.11. The maximum atomic E-state index is 9.89. The van der Waals surface area contributed by atoms with Gasteiger partial charge in [-0.25, -0.2) is 0 Å². The molecule has 0 aliphatic heterocycles. The van der Waals surface area contributed by atoms with Gasteiger partial charge in [0.15, 0.2) is 0 Å². The fourth-order valence-electron chi connectivity index (χ4n) is 1.33. The molecule has 6 nitrogen and oxygen atoms in total. The minimum absolute atomic E-state index is 0.156. The van der Waals surface area contributed by atoms with Crippen LogP contribution in [0.2, 0.25) is 0 Å². The van der Waals surface area contributed by atoms with Crippen LogP contribution >= 0.6 is 23.5 Å². The molecule has 8 heteroatoms. The van der Waals surface area contributed by atoms with Crippen molar-refractivity contribution in [3.05, 3.63) is 6.20 Å².